The summed E-state index contributed by atoms with van der Waals surface area (Å²) in [5.41, 5.74) is -3.01. The lowest BCUT2D eigenvalue weighted by atomic mass is 9.99. The number of aliphatic hydroxyl groups is 4. The molecule has 3 aromatic rings. The Bertz CT molecular complexity index is 1140. The molecule has 0 aliphatic heterocycles. The minimum absolute atomic E-state index is 0.0423. The van der Waals surface area contributed by atoms with Crippen LogP contribution < -0.4 is 5.43 Å². The summed E-state index contributed by atoms with van der Waals surface area (Å²) in [7, 11) is 0. The Balaban J connectivity index is 2.37. The number of aromatic hydroxyl groups is 5. The summed E-state index contributed by atoms with van der Waals surface area (Å²) in [5.74, 6) is -8.46. The van der Waals surface area contributed by atoms with E-state index in [0.29, 0.717) is 6.07 Å². The Hall–Kier alpha value is -3.51. The molecule has 0 saturated carbocycles. The Morgan fingerprint density at radius 2 is 1.50 bits per heavy atom. The topological polar surface area (TPSA) is 212 Å². The van der Waals surface area contributed by atoms with E-state index in [0.717, 1.165) is 12.1 Å². The highest BCUT2D eigenvalue weighted by Gasteiger charge is 2.41. The molecule has 0 aliphatic rings. The van der Waals surface area contributed by atoms with Gasteiger partial charge in [-0.15, -0.1) is 0 Å². The molecule has 9 N–H and O–H groups in total. The molecule has 28 heavy (non-hydrogen) atoms. The van der Waals surface area contributed by atoms with Crippen molar-refractivity contribution in [3.8, 4) is 40.1 Å². The van der Waals surface area contributed by atoms with Crippen molar-refractivity contribution in [2.75, 3.05) is 0 Å². The molecule has 0 bridgehead atoms. The van der Waals surface area contributed by atoms with Crippen LogP contribution in [-0.2, 0) is 5.79 Å². The molecular weight excluding hydrogens is 380 g/mol. The second-order valence-electron chi connectivity index (χ2n) is 5.90. The second-order valence-corrected chi connectivity index (χ2v) is 5.90. The van der Waals surface area contributed by atoms with Crippen LogP contribution in [-0.4, -0.2) is 52.2 Å². The summed E-state index contributed by atoms with van der Waals surface area (Å²) < 4.78 is 5.29. The van der Waals surface area contributed by atoms with Crippen molar-refractivity contribution in [1.29, 1.82) is 0 Å². The van der Waals surface area contributed by atoms with E-state index >= 15 is 0 Å². The Labute approximate surface area is 154 Å². The average Bonchev–Trinajstić information content (AvgIpc) is 2.59. The van der Waals surface area contributed by atoms with Crippen LogP contribution in [0.3, 0.4) is 0 Å². The van der Waals surface area contributed by atoms with Gasteiger partial charge in [-0.1, -0.05) is 0 Å². The van der Waals surface area contributed by atoms with Crippen molar-refractivity contribution in [3.05, 3.63) is 40.1 Å². The number of hydrogen-bond donors (Lipinski definition) is 9. The maximum Gasteiger partial charge on any atom is 0.250 e. The van der Waals surface area contributed by atoms with Gasteiger partial charge in [0.25, 0.3) is 0 Å². The zero-order valence-electron chi connectivity index (χ0n) is 13.7. The van der Waals surface area contributed by atoms with Crippen molar-refractivity contribution in [2.45, 2.75) is 12.1 Å². The third kappa shape index (κ3) is 2.75. The van der Waals surface area contributed by atoms with Gasteiger partial charge in [0.05, 0.1) is 0 Å². The van der Waals surface area contributed by atoms with Gasteiger partial charge in [0.1, 0.15) is 28.0 Å². The quantitative estimate of drug-likeness (QED) is 0.203. The number of phenols is 4. The molecular formula is C17H14O11. The molecule has 3 rings (SSSR count). The molecule has 0 fully saturated rings. The minimum Gasteiger partial charge on any atom is -0.507 e. The van der Waals surface area contributed by atoms with Crippen molar-refractivity contribution in [3.63, 3.8) is 0 Å². The normalized spacial score (nSPS) is 12.0. The molecule has 0 spiro atoms. The third-order valence-electron chi connectivity index (χ3n) is 4.08. The predicted molar refractivity (Wildman–Crippen MR) is 90.6 cm³/mol. The molecule has 11 nitrogen and oxygen atoms in total. The fourth-order valence-corrected chi connectivity index (χ4v) is 2.66. The monoisotopic (exact) mass is 394 g/mol. The van der Waals surface area contributed by atoms with Crippen LogP contribution in [0.5, 0.6) is 28.7 Å². The Morgan fingerprint density at radius 1 is 0.857 bits per heavy atom. The second kappa shape index (κ2) is 6.28. The lowest BCUT2D eigenvalue weighted by Crippen LogP contribution is -2.39. The van der Waals surface area contributed by atoms with Crippen LogP contribution in [0, 0.1) is 0 Å². The van der Waals surface area contributed by atoms with Crippen molar-refractivity contribution in [1.82, 2.24) is 0 Å². The molecule has 2 aromatic carbocycles. The van der Waals surface area contributed by atoms with Gasteiger partial charge in [-0.2, -0.15) is 0 Å². The Kier molecular flexibility index (Phi) is 4.32. The molecule has 1 aromatic heterocycles. The van der Waals surface area contributed by atoms with E-state index in [-0.39, 0.29) is 5.56 Å². The zero-order valence-corrected chi connectivity index (χ0v) is 13.7. The molecule has 0 radical (unpaired) electrons. The fraction of sp³-hybridized carbons (Fsp3) is 0.118. The molecule has 0 aliphatic carbocycles. The summed E-state index contributed by atoms with van der Waals surface area (Å²) >= 11 is 0. The summed E-state index contributed by atoms with van der Waals surface area (Å²) in [6.45, 7) is 0. The van der Waals surface area contributed by atoms with Gasteiger partial charge in [-0.05, 0) is 18.2 Å². The van der Waals surface area contributed by atoms with E-state index < -0.39 is 68.5 Å². The van der Waals surface area contributed by atoms with Crippen LogP contribution in [0.25, 0.3) is 22.3 Å². The van der Waals surface area contributed by atoms with Gasteiger partial charge in [-0.25, -0.2) is 0 Å². The van der Waals surface area contributed by atoms with Crippen LogP contribution in [0.1, 0.15) is 5.56 Å². The summed E-state index contributed by atoms with van der Waals surface area (Å²) in [4.78, 5) is 12.5. The number of aliphatic hydroxyl groups excluding tert-OH is 1. The van der Waals surface area contributed by atoms with E-state index in [4.69, 9.17) is 14.6 Å². The van der Waals surface area contributed by atoms with Crippen LogP contribution >= 0.6 is 0 Å². The first kappa shape index (κ1) is 19.3. The van der Waals surface area contributed by atoms with Crippen molar-refractivity contribution in [2.24, 2.45) is 0 Å². The van der Waals surface area contributed by atoms with E-state index in [9.17, 15) is 40.5 Å². The lowest BCUT2D eigenvalue weighted by molar-refractivity contribution is -0.299. The van der Waals surface area contributed by atoms with E-state index in [1.54, 1.807) is 0 Å². The summed E-state index contributed by atoms with van der Waals surface area (Å²) in [5, 5.41) is 86.0. The van der Waals surface area contributed by atoms with Gasteiger partial charge in [-0.3, -0.25) is 4.79 Å². The SMILES string of the molecule is O=c1c(O)c(-c2ccc(O)c(O)c2)oc2cc(O)c(C(O)(O)C(O)O)c(O)c12. The van der Waals surface area contributed by atoms with Crippen molar-refractivity contribution >= 4 is 11.0 Å². The predicted octanol–water partition coefficient (Wildman–Crippen LogP) is -0.564. The first-order valence-electron chi connectivity index (χ1n) is 7.55. The van der Waals surface area contributed by atoms with Crippen LogP contribution in [0.15, 0.2) is 33.5 Å². The largest absolute Gasteiger partial charge is 0.507 e. The molecule has 0 atom stereocenters. The summed E-state index contributed by atoms with van der Waals surface area (Å²) in [6, 6.07) is 3.91. The van der Waals surface area contributed by atoms with Gasteiger partial charge in [0.2, 0.25) is 23.3 Å². The number of phenolic OH excluding ortho intramolecular Hbond substituents is 4. The molecule has 148 valence electrons. The first-order valence-corrected chi connectivity index (χ1v) is 7.55. The van der Waals surface area contributed by atoms with Crippen LogP contribution in [0.4, 0.5) is 0 Å². The summed E-state index contributed by atoms with van der Waals surface area (Å²) in [6.07, 6.45) is -2.86. The number of hydrogen-bond acceptors (Lipinski definition) is 11. The molecule has 0 amide bonds. The fourth-order valence-electron chi connectivity index (χ4n) is 2.66. The van der Waals surface area contributed by atoms with Gasteiger partial charge >= 0.3 is 0 Å². The highest BCUT2D eigenvalue weighted by atomic mass is 16.6. The minimum atomic E-state index is -3.55. The smallest absolute Gasteiger partial charge is 0.250 e. The maximum absolute atomic E-state index is 12.5. The van der Waals surface area contributed by atoms with E-state index in [2.05, 4.69) is 0 Å². The zero-order chi connectivity index (χ0) is 21.0. The first-order chi connectivity index (χ1) is 13.0. The molecule has 11 heteroatoms. The van der Waals surface area contributed by atoms with Crippen molar-refractivity contribution < 1.29 is 50.4 Å². The standard InChI is InChI=1S/C17H14O11/c18-6-2-1-5(3-7(6)19)15-14(23)13(22)10-9(28-15)4-8(20)11(12(10)21)17(26,27)16(24)25/h1-4,16,18-21,23-27H. The highest BCUT2D eigenvalue weighted by molar-refractivity contribution is 5.90. The highest BCUT2D eigenvalue weighted by Crippen LogP contribution is 2.43. The van der Waals surface area contributed by atoms with Gasteiger partial charge in [0, 0.05) is 11.6 Å². The Morgan fingerprint density at radius 3 is 2.07 bits per heavy atom. The van der Waals surface area contributed by atoms with Crippen LogP contribution in [0.2, 0.25) is 0 Å². The average molecular weight is 394 g/mol. The van der Waals surface area contributed by atoms with E-state index in [1.165, 1.54) is 6.07 Å². The number of rotatable bonds is 3. The number of benzene rings is 2. The molecule has 0 saturated heterocycles. The third-order valence-corrected chi connectivity index (χ3v) is 4.08. The van der Waals surface area contributed by atoms with Gasteiger partial charge in [0.15, 0.2) is 17.3 Å². The maximum atomic E-state index is 12.5. The van der Waals surface area contributed by atoms with E-state index in [1.807, 2.05) is 0 Å². The number of fused-ring (bicyclic) bond motifs is 1. The lowest BCUT2D eigenvalue weighted by Gasteiger charge is -2.25. The molecule has 0 unspecified atom stereocenters. The molecule has 1 heterocycles. The van der Waals surface area contributed by atoms with Gasteiger partial charge < -0.3 is 50.4 Å².